The molecule has 0 spiro atoms. The first kappa shape index (κ1) is 18.1. The lowest BCUT2D eigenvalue weighted by molar-refractivity contribution is -0.137. The molecule has 0 radical (unpaired) electrons. The molecular weight excluding hydrogens is 337 g/mol. The summed E-state index contributed by atoms with van der Waals surface area (Å²) >= 11 is 0. The van der Waals surface area contributed by atoms with Gasteiger partial charge < -0.3 is 4.74 Å². The minimum absolute atomic E-state index is 0.132. The van der Waals surface area contributed by atoms with Crippen LogP contribution in [0.1, 0.15) is 41.2 Å². The topological polar surface area (TPSA) is 9.23 Å². The number of ether oxygens (including phenoxy) is 1. The summed E-state index contributed by atoms with van der Waals surface area (Å²) in [6.45, 7) is 7.56. The van der Waals surface area contributed by atoms with Crippen molar-refractivity contribution >= 4 is 11.3 Å². The summed E-state index contributed by atoms with van der Waals surface area (Å²) in [5, 5.41) is 0. The minimum Gasteiger partial charge on any atom is -0.484 e. The molecule has 1 heterocycles. The van der Waals surface area contributed by atoms with E-state index in [1.807, 2.05) is 24.3 Å². The summed E-state index contributed by atoms with van der Waals surface area (Å²) in [5.74, 6) is 0.701. The van der Waals surface area contributed by atoms with Gasteiger partial charge in [0.15, 0.2) is 0 Å². The number of allylic oxidation sites excluding steroid dienone is 2. The third kappa shape index (κ3) is 3.45. The zero-order valence-corrected chi connectivity index (χ0v) is 14.2. The number of benzene rings is 2. The first-order valence-corrected chi connectivity index (χ1v) is 8.34. The van der Waals surface area contributed by atoms with Crippen LogP contribution in [-0.2, 0) is 10.9 Å². The van der Waals surface area contributed by atoms with E-state index in [0.29, 0.717) is 24.2 Å². The van der Waals surface area contributed by atoms with Crippen LogP contribution in [0.15, 0.2) is 73.8 Å². The van der Waals surface area contributed by atoms with E-state index in [9.17, 15) is 13.2 Å². The Labute approximate surface area is 151 Å². The summed E-state index contributed by atoms with van der Waals surface area (Å²) < 4.78 is 44.7. The van der Waals surface area contributed by atoms with Gasteiger partial charge in [-0.25, -0.2) is 0 Å². The van der Waals surface area contributed by atoms with Crippen LogP contribution in [-0.4, -0.2) is 0 Å². The first-order valence-electron chi connectivity index (χ1n) is 8.34. The van der Waals surface area contributed by atoms with Crippen LogP contribution in [0.2, 0.25) is 0 Å². The molecule has 4 heteroatoms. The summed E-state index contributed by atoms with van der Waals surface area (Å²) in [6.07, 6.45) is 0.205. The van der Waals surface area contributed by atoms with Gasteiger partial charge in [-0.15, -0.1) is 13.2 Å². The third-order valence-corrected chi connectivity index (χ3v) is 4.38. The zero-order chi connectivity index (χ0) is 18.7. The van der Waals surface area contributed by atoms with Crippen molar-refractivity contribution in [1.29, 1.82) is 0 Å². The molecule has 0 bridgehead atoms. The minimum atomic E-state index is -4.35. The SMILES string of the molecule is C=CC/C(=C1\OC(CC=C)c2ccccc21)c1ccc(C(F)(F)F)cc1. The maximum Gasteiger partial charge on any atom is 0.416 e. The van der Waals surface area contributed by atoms with Crippen LogP contribution in [0, 0.1) is 0 Å². The Bertz CT molecular complexity index is 844. The summed E-state index contributed by atoms with van der Waals surface area (Å²) in [7, 11) is 0. The number of rotatable bonds is 5. The number of hydrogen-bond donors (Lipinski definition) is 0. The van der Waals surface area contributed by atoms with Crippen LogP contribution < -0.4 is 0 Å². The largest absolute Gasteiger partial charge is 0.484 e. The fourth-order valence-electron chi connectivity index (χ4n) is 3.16. The fraction of sp³-hybridized carbons (Fsp3) is 0.182. The van der Waals surface area contributed by atoms with E-state index in [-0.39, 0.29) is 6.10 Å². The van der Waals surface area contributed by atoms with E-state index in [0.717, 1.165) is 28.8 Å². The maximum absolute atomic E-state index is 12.8. The van der Waals surface area contributed by atoms with Crippen molar-refractivity contribution in [2.24, 2.45) is 0 Å². The van der Waals surface area contributed by atoms with Gasteiger partial charge in [-0.05, 0) is 24.1 Å². The monoisotopic (exact) mass is 356 g/mol. The Morgan fingerprint density at radius 3 is 2.31 bits per heavy atom. The van der Waals surface area contributed by atoms with Gasteiger partial charge in [0.1, 0.15) is 11.9 Å². The summed E-state index contributed by atoms with van der Waals surface area (Å²) in [5.41, 5.74) is 2.89. The first-order chi connectivity index (χ1) is 12.5. The van der Waals surface area contributed by atoms with Crippen molar-refractivity contribution < 1.29 is 17.9 Å². The van der Waals surface area contributed by atoms with Gasteiger partial charge in [0, 0.05) is 23.1 Å². The molecule has 0 aliphatic carbocycles. The average molecular weight is 356 g/mol. The molecule has 1 nitrogen and oxygen atoms in total. The molecule has 2 aromatic rings. The van der Waals surface area contributed by atoms with Crippen LogP contribution in [0.4, 0.5) is 13.2 Å². The molecule has 1 aliphatic rings. The predicted molar refractivity (Wildman–Crippen MR) is 98.2 cm³/mol. The second kappa shape index (κ2) is 7.24. The van der Waals surface area contributed by atoms with E-state index in [4.69, 9.17) is 4.74 Å². The van der Waals surface area contributed by atoms with Gasteiger partial charge in [0.25, 0.3) is 0 Å². The van der Waals surface area contributed by atoms with Crippen molar-refractivity contribution in [3.63, 3.8) is 0 Å². The van der Waals surface area contributed by atoms with E-state index in [1.54, 1.807) is 12.2 Å². The molecule has 1 aliphatic heterocycles. The van der Waals surface area contributed by atoms with Gasteiger partial charge >= 0.3 is 6.18 Å². The molecule has 3 rings (SSSR count). The van der Waals surface area contributed by atoms with Gasteiger partial charge in [0.05, 0.1) is 5.56 Å². The highest BCUT2D eigenvalue weighted by Gasteiger charge is 2.31. The Kier molecular flexibility index (Phi) is 5.03. The Morgan fingerprint density at radius 2 is 1.69 bits per heavy atom. The molecule has 0 amide bonds. The van der Waals surface area contributed by atoms with Crippen molar-refractivity contribution in [3.05, 3.63) is 96.1 Å². The quantitative estimate of drug-likeness (QED) is 0.536. The lowest BCUT2D eigenvalue weighted by Crippen LogP contribution is -2.04. The van der Waals surface area contributed by atoms with Crippen molar-refractivity contribution in [1.82, 2.24) is 0 Å². The second-order valence-corrected chi connectivity index (χ2v) is 6.09. The lowest BCUT2D eigenvalue weighted by Gasteiger charge is -2.14. The lowest BCUT2D eigenvalue weighted by atomic mass is 9.95. The Hall–Kier alpha value is -2.75. The standard InChI is InChI=1S/C22H19F3O/c1-3-7-17(15-11-13-16(14-12-15)22(23,24)25)21-19-10-6-5-9-18(19)20(26-21)8-4-2/h3-6,9-14,20H,1-2,7-8H2/b21-17+. The van der Waals surface area contributed by atoms with Crippen LogP contribution in [0.3, 0.4) is 0 Å². The highest BCUT2D eigenvalue weighted by molar-refractivity contribution is 5.90. The molecule has 0 aromatic heterocycles. The van der Waals surface area contributed by atoms with Gasteiger partial charge in [0.2, 0.25) is 0 Å². The fourth-order valence-corrected chi connectivity index (χ4v) is 3.16. The number of fused-ring (bicyclic) bond motifs is 1. The normalized spacial score (nSPS) is 18.0. The average Bonchev–Trinajstić information content (AvgIpc) is 2.98. The number of halogens is 3. The van der Waals surface area contributed by atoms with Crippen molar-refractivity contribution in [3.8, 4) is 0 Å². The predicted octanol–water partition coefficient (Wildman–Crippen LogP) is 6.80. The van der Waals surface area contributed by atoms with Gasteiger partial charge in [-0.3, -0.25) is 0 Å². The number of alkyl halides is 3. The molecule has 1 unspecified atom stereocenters. The Balaban J connectivity index is 2.10. The molecule has 0 fully saturated rings. The van der Waals surface area contributed by atoms with E-state index in [1.165, 1.54) is 12.1 Å². The Morgan fingerprint density at radius 1 is 1.00 bits per heavy atom. The summed E-state index contributed by atoms with van der Waals surface area (Å²) in [4.78, 5) is 0. The van der Waals surface area contributed by atoms with Crippen molar-refractivity contribution in [2.45, 2.75) is 25.1 Å². The highest BCUT2D eigenvalue weighted by Crippen LogP contribution is 2.44. The second-order valence-electron chi connectivity index (χ2n) is 6.09. The third-order valence-electron chi connectivity index (χ3n) is 4.38. The molecule has 134 valence electrons. The molecule has 0 N–H and O–H groups in total. The molecule has 1 atom stereocenters. The van der Waals surface area contributed by atoms with Crippen LogP contribution in [0.5, 0.6) is 0 Å². The van der Waals surface area contributed by atoms with E-state index >= 15 is 0 Å². The molecule has 0 saturated heterocycles. The maximum atomic E-state index is 12.8. The van der Waals surface area contributed by atoms with Crippen LogP contribution in [0.25, 0.3) is 11.3 Å². The molecule has 26 heavy (non-hydrogen) atoms. The zero-order valence-electron chi connectivity index (χ0n) is 14.2. The van der Waals surface area contributed by atoms with Gasteiger partial charge in [-0.2, -0.15) is 13.2 Å². The molecule has 2 aromatic carbocycles. The van der Waals surface area contributed by atoms with Crippen LogP contribution >= 0.6 is 0 Å². The smallest absolute Gasteiger partial charge is 0.416 e. The highest BCUT2D eigenvalue weighted by atomic mass is 19.4. The van der Waals surface area contributed by atoms with Gasteiger partial charge in [-0.1, -0.05) is 48.6 Å². The van der Waals surface area contributed by atoms with E-state index in [2.05, 4.69) is 13.2 Å². The molecule has 0 saturated carbocycles. The summed E-state index contributed by atoms with van der Waals surface area (Å²) in [6, 6.07) is 13.0. The van der Waals surface area contributed by atoms with Crippen molar-refractivity contribution in [2.75, 3.05) is 0 Å². The molecular formula is C22H19F3O. The number of hydrogen-bond acceptors (Lipinski definition) is 1. The van der Waals surface area contributed by atoms with E-state index < -0.39 is 11.7 Å².